The molecule has 0 saturated carbocycles. The van der Waals surface area contributed by atoms with Gasteiger partial charge >= 0.3 is 5.97 Å². The number of hydrogen-bond donors (Lipinski definition) is 2. The van der Waals surface area contributed by atoms with Crippen LogP contribution < -0.4 is 5.32 Å². The van der Waals surface area contributed by atoms with Crippen molar-refractivity contribution in [3.05, 3.63) is 89.0 Å². The van der Waals surface area contributed by atoms with Crippen LogP contribution in [0, 0.1) is 19.7 Å². The number of benzene rings is 2. The van der Waals surface area contributed by atoms with E-state index in [0.717, 1.165) is 40.6 Å². The van der Waals surface area contributed by atoms with Gasteiger partial charge in [0.1, 0.15) is 11.6 Å². The first-order valence-electron chi connectivity index (χ1n) is 10.3. The number of carboxylic acid groups (broad SMARTS) is 1. The molecule has 0 aliphatic heterocycles. The van der Waals surface area contributed by atoms with Crippen LogP contribution >= 0.6 is 0 Å². The molecule has 0 atom stereocenters. The summed E-state index contributed by atoms with van der Waals surface area (Å²) in [4.78, 5) is 15.9. The summed E-state index contributed by atoms with van der Waals surface area (Å²) in [6.07, 6.45) is 4.41. The number of aromatic nitrogens is 3. The SMILES string of the molecule is CCc1cccc(-c2cc(Nc3ccc(F)cc3C(=O)O)n(-c3c(C)cncc3C)n2)c1. The van der Waals surface area contributed by atoms with Crippen molar-refractivity contribution in [3.63, 3.8) is 0 Å². The number of aryl methyl sites for hydroxylation is 3. The van der Waals surface area contributed by atoms with Crippen LogP contribution in [0.2, 0.25) is 0 Å². The minimum atomic E-state index is -1.22. The number of rotatable bonds is 6. The van der Waals surface area contributed by atoms with E-state index in [9.17, 15) is 14.3 Å². The number of anilines is 2. The maximum absolute atomic E-state index is 13.7. The fourth-order valence-electron chi connectivity index (χ4n) is 3.70. The zero-order valence-corrected chi connectivity index (χ0v) is 18.1. The molecule has 0 aliphatic carbocycles. The van der Waals surface area contributed by atoms with Gasteiger partial charge in [0.05, 0.1) is 22.6 Å². The number of halogens is 1. The molecule has 4 rings (SSSR count). The second-order valence-electron chi connectivity index (χ2n) is 7.62. The molecule has 7 heteroatoms. The molecule has 4 aromatic rings. The zero-order valence-electron chi connectivity index (χ0n) is 18.1. The predicted octanol–water partition coefficient (Wildman–Crippen LogP) is 5.69. The number of nitrogens with zero attached hydrogens (tertiary/aromatic N) is 3. The van der Waals surface area contributed by atoms with E-state index in [2.05, 4.69) is 29.4 Å². The Balaban J connectivity index is 1.89. The first-order chi connectivity index (χ1) is 15.4. The van der Waals surface area contributed by atoms with E-state index in [4.69, 9.17) is 5.10 Å². The molecule has 2 aromatic carbocycles. The molecule has 0 aliphatic rings. The van der Waals surface area contributed by atoms with Gasteiger partial charge in [-0.05, 0) is 61.2 Å². The lowest BCUT2D eigenvalue weighted by Gasteiger charge is -2.15. The average molecular weight is 430 g/mol. The highest BCUT2D eigenvalue weighted by atomic mass is 19.1. The molecule has 162 valence electrons. The van der Waals surface area contributed by atoms with Crippen LogP contribution in [0.3, 0.4) is 0 Å². The maximum Gasteiger partial charge on any atom is 0.337 e. The fraction of sp³-hybridized carbons (Fsp3) is 0.160. The number of hydrogen-bond acceptors (Lipinski definition) is 4. The van der Waals surface area contributed by atoms with Gasteiger partial charge in [0, 0.05) is 24.0 Å². The monoisotopic (exact) mass is 430 g/mol. The van der Waals surface area contributed by atoms with Crippen molar-refractivity contribution in [3.8, 4) is 16.9 Å². The van der Waals surface area contributed by atoms with Crippen molar-refractivity contribution in [2.75, 3.05) is 5.32 Å². The lowest BCUT2D eigenvalue weighted by Crippen LogP contribution is -2.09. The van der Waals surface area contributed by atoms with E-state index < -0.39 is 11.8 Å². The van der Waals surface area contributed by atoms with E-state index in [0.29, 0.717) is 5.82 Å². The minimum absolute atomic E-state index is 0.157. The highest BCUT2D eigenvalue weighted by molar-refractivity contribution is 5.95. The van der Waals surface area contributed by atoms with Crippen molar-refractivity contribution in [2.24, 2.45) is 0 Å². The Morgan fingerprint density at radius 1 is 1.09 bits per heavy atom. The van der Waals surface area contributed by atoms with Crippen LogP contribution in [0.15, 0.2) is 60.9 Å². The Labute approximate surface area is 185 Å². The molecule has 0 spiro atoms. The molecule has 2 aromatic heterocycles. The van der Waals surface area contributed by atoms with Crippen molar-refractivity contribution in [1.29, 1.82) is 0 Å². The third-order valence-corrected chi connectivity index (χ3v) is 5.31. The summed E-state index contributed by atoms with van der Waals surface area (Å²) in [5.74, 6) is -1.27. The summed E-state index contributed by atoms with van der Waals surface area (Å²) in [6.45, 7) is 5.98. The van der Waals surface area contributed by atoms with E-state index in [1.54, 1.807) is 17.1 Å². The second kappa shape index (κ2) is 8.63. The second-order valence-corrected chi connectivity index (χ2v) is 7.62. The van der Waals surface area contributed by atoms with Crippen LogP contribution in [0.5, 0.6) is 0 Å². The highest BCUT2D eigenvalue weighted by Gasteiger charge is 2.18. The van der Waals surface area contributed by atoms with Gasteiger partial charge in [0.25, 0.3) is 0 Å². The summed E-state index contributed by atoms with van der Waals surface area (Å²) in [5, 5.41) is 17.5. The first kappa shape index (κ1) is 21.2. The molecule has 0 bridgehead atoms. The van der Waals surface area contributed by atoms with Gasteiger partial charge in [-0.25, -0.2) is 13.9 Å². The molecule has 0 saturated heterocycles. The van der Waals surface area contributed by atoms with Gasteiger partial charge < -0.3 is 10.4 Å². The smallest absolute Gasteiger partial charge is 0.337 e. The summed E-state index contributed by atoms with van der Waals surface area (Å²) in [7, 11) is 0. The molecule has 0 unspecified atom stereocenters. The van der Waals surface area contributed by atoms with E-state index in [1.807, 2.05) is 32.0 Å². The van der Waals surface area contributed by atoms with Crippen LogP contribution in [-0.4, -0.2) is 25.8 Å². The first-order valence-corrected chi connectivity index (χ1v) is 10.3. The molecule has 2 N–H and O–H groups in total. The Morgan fingerprint density at radius 2 is 1.84 bits per heavy atom. The fourth-order valence-corrected chi connectivity index (χ4v) is 3.70. The van der Waals surface area contributed by atoms with E-state index in [-0.39, 0.29) is 11.3 Å². The van der Waals surface area contributed by atoms with Crippen molar-refractivity contribution in [2.45, 2.75) is 27.2 Å². The third kappa shape index (κ3) is 4.09. The molecule has 0 radical (unpaired) electrons. The Hall–Kier alpha value is -4.00. The van der Waals surface area contributed by atoms with Gasteiger partial charge in [0.2, 0.25) is 0 Å². The lowest BCUT2D eigenvalue weighted by atomic mass is 10.1. The number of carboxylic acids is 1. The van der Waals surface area contributed by atoms with Gasteiger partial charge in [0.15, 0.2) is 0 Å². The highest BCUT2D eigenvalue weighted by Crippen LogP contribution is 2.31. The maximum atomic E-state index is 13.7. The number of aromatic carboxylic acids is 1. The molecule has 2 heterocycles. The minimum Gasteiger partial charge on any atom is -0.478 e. The van der Waals surface area contributed by atoms with Crippen molar-refractivity contribution in [1.82, 2.24) is 14.8 Å². The number of pyridine rings is 1. The molecular formula is C25H23FN4O2. The van der Waals surface area contributed by atoms with E-state index in [1.165, 1.54) is 17.7 Å². The van der Waals surface area contributed by atoms with Gasteiger partial charge in [-0.1, -0.05) is 25.1 Å². The zero-order chi connectivity index (χ0) is 22.8. The molecule has 32 heavy (non-hydrogen) atoms. The number of carbonyl (C=O) groups is 1. The normalized spacial score (nSPS) is 10.9. The number of nitrogens with one attached hydrogen (secondary N) is 1. The largest absolute Gasteiger partial charge is 0.478 e. The summed E-state index contributed by atoms with van der Waals surface area (Å²) in [6, 6.07) is 13.6. The topological polar surface area (TPSA) is 80.0 Å². The van der Waals surface area contributed by atoms with Crippen molar-refractivity contribution < 1.29 is 14.3 Å². The molecule has 0 fully saturated rings. The van der Waals surface area contributed by atoms with Crippen LogP contribution in [-0.2, 0) is 6.42 Å². The Bertz CT molecular complexity index is 1290. The Kier molecular flexibility index (Phi) is 5.73. The van der Waals surface area contributed by atoms with Crippen LogP contribution in [0.1, 0.15) is 34.0 Å². The van der Waals surface area contributed by atoms with Crippen LogP contribution in [0.25, 0.3) is 16.9 Å². The molecule has 6 nitrogen and oxygen atoms in total. The van der Waals surface area contributed by atoms with E-state index >= 15 is 0 Å². The summed E-state index contributed by atoms with van der Waals surface area (Å²) < 4.78 is 15.4. The van der Waals surface area contributed by atoms with Gasteiger partial charge in [-0.3, -0.25) is 4.98 Å². The van der Waals surface area contributed by atoms with Crippen LogP contribution in [0.4, 0.5) is 15.9 Å². The quantitative estimate of drug-likeness (QED) is 0.410. The third-order valence-electron chi connectivity index (χ3n) is 5.31. The lowest BCUT2D eigenvalue weighted by molar-refractivity contribution is 0.0697. The molecular weight excluding hydrogens is 407 g/mol. The standard InChI is InChI=1S/C25H23FN4O2/c1-4-17-6-5-7-18(10-17)22-12-23(28-21-9-8-19(26)11-20(21)25(31)32)30(29-22)24-15(2)13-27-14-16(24)3/h5-14,28H,4H2,1-3H3,(H,31,32). The van der Waals surface area contributed by atoms with Gasteiger partial charge in [-0.2, -0.15) is 5.10 Å². The average Bonchev–Trinajstić information content (AvgIpc) is 3.18. The predicted molar refractivity (Wildman–Crippen MR) is 122 cm³/mol. The van der Waals surface area contributed by atoms with Gasteiger partial charge in [-0.15, -0.1) is 0 Å². The van der Waals surface area contributed by atoms with Crippen molar-refractivity contribution >= 4 is 17.5 Å². The summed E-state index contributed by atoms with van der Waals surface area (Å²) in [5.41, 5.74) is 5.68. The Morgan fingerprint density at radius 3 is 2.53 bits per heavy atom. The summed E-state index contributed by atoms with van der Waals surface area (Å²) >= 11 is 0. The molecule has 0 amide bonds.